The molecular formula is C25H28ClN3O4. The topological polar surface area (TPSA) is 98.7 Å². The van der Waals surface area contributed by atoms with E-state index in [1.54, 1.807) is 17.0 Å². The van der Waals surface area contributed by atoms with Gasteiger partial charge in [-0.15, -0.1) is 0 Å². The summed E-state index contributed by atoms with van der Waals surface area (Å²) in [5, 5.41) is 27.6. The molecule has 0 radical (unpaired) electrons. The lowest BCUT2D eigenvalue weighted by Crippen LogP contribution is -2.31. The van der Waals surface area contributed by atoms with Crippen LogP contribution in [0.2, 0.25) is 5.02 Å². The number of phenolic OH excluding ortho intramolecular Hbond substituents is 1. The Bertz CT molecular complexity index is 1140. The number of aromatic amines is 1. The van der Waals surface area contributed by atoms with Crippen molar-refractivity contribution in [3.05, 3.63) is 64.3 Å². The number of nitrogens with zero attached hydrogens (tertiary/aromatic N) is 2. The number of rotatable bonds is 9. The third-order valence-corrected chi connectivity index (χ3v) is 6.01. The van der Waals surface area contributed by atoms with Gasteiger partial charge in [0.05, 0.1) is 12.6 Å². The van der Waals surface area contributed by atoms with Gasteiger partial charge in [-0.3, -0.25) is 9.89 Å². The summed E-state index contributed by atoms with van der Waals surface area (Å²) in [4.78, 5) is 15.0. The predicted molar refractivity (Wildman–Crippen MR) is 127 cm³/mol. The molecule has 2 heterocycles. The number of phenols is 1. The molecule has 33 heavy (non-hydrogen) atoms. The van der Waals surface area contributed by atoms with E-state index in [4.69, 9.17) is 16.3 Å². The molecule has 4 rings (SSSR count). The van der Waals surface area contributed by atoms with E-state index in [1.807, 2.05) is 24.3 Å². The van der Waals surface area contributed by atoms with Crippen LogP contribution < -0.4 is 4.74 Å². The first-order chi connectivity index (χ1) is 15.9. The summed E-state index contributed by atoms with van der Waals surface area (Å²) in [5.74, 6) is 1.09. The fourth-order valence-electron chi connectivity index (χ4n) is 4.11. The van der Waals surface area contributed by atoms with Crippen molar-refractivity contribution in [3.63, 3.8) is 0 Å². The second kappa shape index (κ2) is 9.85. The Morgan fingerprint density at radius 1 is 1.24 bits per heavy atom. The van der Waals surface area contributed by atoms with E-state index < -0.39 is 6.04 Å². The maximum Gasteiger partial charge on any atom is 0.273 e. The molecule has 1 amide bonds. The minimum absolute atomic E-state index is 0.0248. The molecule has 174 valence electrons. The Labute approximate surface area is 198 Å². The Morgan fingerprint density at radius 2 is 2.06 bits per heavy atom. The van der Waals surface area contributed by atoms with Crippen molar-refractivity contribution in [1.29, 1.82) is 0 Å². The Balaban J connectivity index is 1.78. The van der Waals surface area contributed by atoms with Crippen molar-refractivity contribution in [3.8, 4) is 22.8 Å². The second-order valence-electron chi connectivity index (χ2n) is 8.60. The highest BCUT2D eigenvalue weighted by Crippen LogP contribution is 2.45. The summed E-state index contributed by atoms with van der Waals surface area (Å²) < 4.78 is 5.96. The number of benzene rings is 2. The van der Waals surface area contributed by atoms with Gasteiger partial charge in [-0.05, 0) is 54.7 Å². The van der Waals surface area contributed by atoms with Crippen molar-refractivity contribution in [2.24, 2.45) is 5.92 Å². The summed E-state index contributed by atoms with van der Waals surface area (Å²) in [6, 6.07) is 12.0. The van der Waals surface area contributed by atoms with Crippen LogP contribution in [0, 0.1) is 5.92 Å². The molecule has 0 aliphatic carbocycles. The Morgan fingerprint density at radius 3 is 2.82 bits per heavy atom. The zero-order valence-corrected chi connectivity index (χ0v) is 19.5. The van der Waals surface area contributed by atoms with Gasteiger partial charge in [0.25, 0.3) is 5.91 Å². The number of carbonyl (C=O) groups is 1. The van der Waals surface area contributed by atoms with Gasteiger partial charge in [-0.1, -0.05) is 37.6 Å². The van der Waals surface area contributed by atoms with Crippen molar-refractivity contribution in [1.82, 2.24) is 15.1 Å². The van der Waals surface area contributed by atoms with Gasteiger partial charge in [0.2, 0.25) is 0 Å². The number of aromatic nitrogens is 2. The Hall–Kier alpha value is -3.03. The summed E-state index contributed by atoms with van der Waals surface area (Å²) in [6.07, 6.45) is 1.39. The number of aliphatic hydroxyl groups is 1. The molecule has 3 N–H and O–H groups in total. The van der Waals surface area contributed by atoms with Gasteiger partial charge in [-0.2, -0.15) is 5.10 Å². The number of ether oxygens (including phenoxy) is 1. The largest absolute Gasteiger partial charge is 0.507 e. The number of aromatic hydroxyl groups is 1. The molecule has 0 spiro atoms. The molecule has 1 unspecified atom stereocenters. The molecule has 3 aromatic rings. The minimum atomic E-state index is -0.445. The third-order valence-electron chi connectivity index (χ3n) is 5.77. The fraction of sp³-hybridized carbons (Fsp3) is 0.360. The number of H-pyrrole nitrogens is 1. The normalized spacial score (nSPS) is 15.4. The monoisotopic (exact) mass is 469 g/mol. The quantitative estimate of drug-likeness (QED) is 0.418. The lowest BCUT2D eigenvalue weighted by atomic mass is 9.95. The number of hydrogen-bond donors (Lipinski definition) is 3. The minimum Gasteiger partial charge on any atom is -0.507 e. The average Bonchev–Trinajstić information content (AvgIpc) is 3.33. The van der Waals surface area contributed by atoms with Crippen molar-refractivity contribution < 1.29 is 19.7 Å². The van der Waals surface area contributed by atoms with Crippen LogP contribution in [0.3, 0.4) is 0 Å². The van der Waals surface area contributed by atoms with Gasteiger partial charge >= 0.3 is 0 Å². The predicted octanol–water partition coefficient (Wildman–Crippen LogP) is 4.79. The lowest BCUT2D eigenvalue weighted by Gasteiger charge is -2.26. The van der Waals surface area contributed by atoms with E-state index in [0.717, 1.165) is 17.7 Å². The smallest absolute Gasteiger partial charge is 0.273 e. The molecule has 0 bridgehead atoms. The molecule has 0 saturated heterocycles. The average molecular weight is 470 g/mol. The number of fused-ring (bicyclic) bond motifs is 1. The van der Waals surface area contributed by atoms with Crippen LogP contribution in [0.4, 0.5) is 0 Å². The summed E-state index contributed by atoms with van der Waals surface area (Å²) in [5.41, 5.74) is 2.84. The first kappa shape index (κ1) is 23.1. The van der Waals surface area contributed by atoms with E-state index in [0.29, 0.717) is 53.0 Å². The zero-order valence-electron chi connectivity index (χ0n) is 18.7. The highest BCUT2D eigenvalue weighted by atomic mass is 35.5. The van der Waals surface area contributed by atoms with E-state index in [2.05, 4.69) is 24.0 Å². The molecule has 1 atom stereocenters. The highest BCUT2D eigenvalue weighted by molar-refractivity contribution is 6.31. The summed E-state index contributed by atoms with van der Waals surface area (Å²) in [7, 11) is 0. The van der Waals surface area contributed by atoms with Gasteiger partial charge in [0.1, 0.15) is 22.9 Å². The molecule has 1 aliphatic heterocycles. The number of aliphatic hydroxyl groups excluding tert-OH is 1. The highest BCUT2D eigenvalue weighted by Gasteiger charge is 2.42. The molecule has 1 aliphatic rings. The van der Waals surface area contributed by atoms with Crippen LogP contribution in [0.5, 0.6) is 11.5 Å². The number of nitrogens with one attached hydrogen (secondary N) is 1. The van der Waals surface area contributed by atoms with Crippen molar-refractivity contribution in [2.45, 2.75) is 32.7 Å². The van der Waals surface area contributed by atoms with E-state index in [-0.39, 0.29) is 18.3 Å². The number of hydrogen-bond acceptors (Lipinski definition) is 5. The summed E-state index contributed by atoms with van der Waals surface area (Å²) in [6.45, 7) is 5.26. The number of carbonyl (C=O) groups excluding carboxylic acids is 1. The van der Waals surface area contributed by atoms with Gasteiger partial charge in [0, 0.05) is 29.3 Å². The zero-order chi connectivity index (χ0) is 23.5. The fourth-order valence-corrected chi connectivity index (χ4v) is 4.28. The molecule has 0 fully saturated rings. The molecule has 7 nitrogen and oxygen atoms in total. The van der Waals surface area contributed by atoms with Gasteiger partial charge in [-0.25, -0.2) is 0 Å². The van der Waals surface area contributed by atoms with Crippen LogP contribution in [0.25, 0.3) is 11.3 Å². The van der Waals surface area contributed by atoms with E-state index >= 15 is 0 Å². The van der Waals surface area contributed by atoms with Crippen LogP contribution >= 0.6 is 11.6 Å². The Kier molecular flexibility index (Phi) is 6.91. The van der Waals surface area contributed by atoms with Gasteiger partial charge in [0.15, 0.2) is 0 Å². The van der Waals surface area contributed by atoms with E-state index in [9.17, 15) is 15.0 Å². The first-order valence-corrected chi connectivity index (χ1v) is 11.5. The third kappa shape index (κ3) is 4.70. The standard InChI is InChI=1S/C25H28ClN3O4/c1-15(2)9-12-33-18-6-3-5-16(13-18)24-21-22(19-14-17(26)7-8-20(19)31)27-28-23(21)25(32)29(24)10-4-11-30/h3,5-8,13-15,24,30-31H,4,9-12H2,1-2H3,(H,27,28). The maximum absolute atomic E-state index is 13.3. The lowest BCUT2D eigenvalue weighted by molar-refractivity contribution is 0.0732. The molecule has 2 aromatic carbocycles. The van der Waals surface area contributed by atoms with Crippen molar-refractivity contribution >= 4 is 17.5 Å². The van der Waals surface area contributed by atoms with Crippen LogP contribution in [0.1, 0.15) is 54.3 Å². The second-order valence-corrected chi connectivity index (χ2v) is 9.04. The summed E-state index contributed by atoms with van der Waals surface area (Å²) >= 11 is 6.18. The number of halogens is 1. The SMILES string of the molecule is CC(C)CCOc1cccc(C2c3c(-c4cc(Cl)ccc4O)n[nH]c3C(=O)N2CCCO)c1. The number of amides is 1. The molecule has 0 saturated carbocycles. The van der Waals surface area contributed by atoms with Gasteiger partial charge < -0.3 is 19.8 Å². The maximum atomic E-state index is 13.3. The first-order valence-electron chi connectivity index (χ1n) is 11.1. The van der Waals surface area contributed by atoms with E-state index in [1.165, 1.54) is 6.07 Å². The molecular weight excluding hydrogens is 442 g/mol. The molecule has 1 aromatic heterocycles. The molecule has 8 heteroatoms. The van der Waals surface area contributed by atoms with Crippen LogP contribution in [-0.4, -0.2) is 51.0 Å². The van der Waals surface area contributed by atoms with Crippen LogP contribution in [0.15, 0.2) is 42.5 Å². The van der Waals surface area contributed by atoms with Crippen molar-refractivity contribution in [2.75, 3.05) is 19.8 Å². The van der Waals surface area contributed by atoms with Crippen LogP contribution in [-0.2, 0) is 0 Å².